The zero-order valence-corrected chi connectivity index (χ0v) is 9.32. The normalized spacial score (nSPS) is 34.4. The number of hydrogen-bond acceptors (Lipinski definition) is 3. The number of morpholine rings is 1. The highest BCUT2D eigenvalue weighted by atomic mass is 16.6. The van der Waals surface area contributed by atoms with Gasteiger partial charge in [-0.05, 0) is 5.56 Å². The van der Waals surface area contributed by atoms with Gasteiger partial charge in [0.15, 0.2) is 0 Å². The van der Waals surface area contributed by atoms with Gasteiger partial charge in [-0.1, -0.05) is 30.3 Å². The van der Waals surface area contributed by atoms with E-state index in [9.17, 15) is 0 Å². The molecule has 2 heterocycles. The third-order valence-electron chi connectivity index (χ3n) is 3.52. The summed E-state index contributed by atoms with van der Waals surface area (Å²) in [7, 11) is 0. The molecule has 2 fully saturated rings. The fourth-order valence-electron chi connectivity index (χ4n) is 2.70. The third kappa shape index (κ3) is 1.65. The highest BCUT2D eigenvalue weighted by Gasteiger charge is 2.45. The molecule has 0 bridgehead atoms. The second kappa shape index (κ2) is 4.17. The van der Waals surface area contributed by atoms with Crippen LogP contribution in [-0.4, -0.2) is 32.0 Å². The van der Waals surface area contributed by atoms with Crippen LogP contribution in [0.15, 0.2) is 30.3 Å². The Morgan fingerprint density at radius 3 is 2.81 bits per heavy atom. The quantitative estimate of drug-likeness (QED) is 0.776. The standard InChI is InChI=1S/C13H17NO2/c1-2-4-11(5-3-1)12-13(6-8-15-10-13)16-9-7-14-12/h1-5,12,14H,6-10H2. The first-order valence-corrected chi connectivity index (χ1v) is 5.91. The summed E-state index contributed by atoms with van der Waals surface area (Å²) in [6, 6.07) is 10.8. The van der Waals surface area contributed by atoms with Crippen molar-refractivity contribution in [3.8, 4) is 0 Å². The van der Waals surface area contributed by atoms with Crippen LogP contribution in [0.5, 0.6) is 0 Å². The summed E-state index contributed by atoms with van der Waals surface area (Å²) in [5.41, 5.74) is 1.16. The van der Waals surface area contributed by atoms with Crippen LogP contribution >= 0.6 is 0 Å². The number of hydrogen-bond donors (Lipinski definition) is 1. The molecular formula is C13H17NO2. The predicted octanol–water partition coefficient (Wildman–Crippen LogP) is 1.51. The smallest absolute Gasteiger partial charge is 0.113 e. The van der Waals surface area contributed by atoms with Gasteiger partial charge < -0.3 is 14.8 Å². The molecule has 2 saturated heterocycles. The van der Waals surface area contributed by atoms with E-state index >= 15 is 0 Å². The van der Waals surface area contributed by atoms with Crippen molar-refractivity contribution in [1.29, 1.82) is 0 Å². The minimum Gasteiger partial charge on any atom is -0.378 e. The molecule has 3 rings (SSSR count). The van der Waals surface area contributed by atoms with Gasteiger partial charge in [-0.25, -0.2) is 0 Å². The number of benzene rings is 1. The lowest BCUT2D eigenvalue weighted by atomic mass is 9.86. The van der Waals surface area contributed by atoms with E-state index in [1.54, 1.807) is 0 Å². The van der Waals surface area contributed by atoms with E-state index in [-0.39, 0.29) is 11.6 Å². The van der Waals surface area contributed by atoms with Crippen molar-refractivity contribution in [2.75, 3.05) is 26.4 Å². The summed E-state index contributed by atoms with van der Waals surface area (Å²) in [5.74, 6) is 0. The van der Waals surface area contributed by atoms with Crippen molar-refractivity contribution < 1.29 is 9.47 Å². The van der Waals surface area contributed by atoms with Crippen LogP contribution in [0, 0.1) is 0 Å². The van der Waals surface area contributed by atoms with Gasteiger partial charge in [-0.2, -0.15) is 0 Å². The maximum Gasteiger partial charge on any atom is 0.113 e. The molecule has 2 aliphatic heterocycles. The molecule has 2 unspecified atom stereocenters. The molecule has 1 aromatic rings. The third-order valence-corrected chi connectivity index (χ3v) is 3.52. The first kappa shape index (κ1) is 10.3. The Balaban J connectivity index is 1.91. The summed E-state index contributed by atoms with van der Waals surface area (Å²) in [6.45, 7) is 3.22. The first-order chi connectivity index (χ1) is 7.91. The van der Waals surface area contributed by atoms with Gasteiger partial charge in [-0.3, -0.25) is 0 Å². The van der Waals surface area contributed by atoms with Crippen molar-refractivity contribution in [2.24, 2.45) is 0 Å². The molecular weight excluding hydrogens is 202 g/mol. The lowest BCUT2D eigenvalue weighted by molar-refractivity contribution is -0.0989. The average Bonchev–Trinajstić information content (AvgIpc) is 2.80. The lowest BCUT2D eigenvalue weighted by Gasteiger charge is -2.41. The fraction of sp³-hybridized carbons (Fsp3) is 0.538. The number of rotatable bonds is 1. The summed E-state index contributed by atoms with van der Waals surface area (Å²) < 4.78 is 11.5. The maximum atomic E-state index is 6.01. The van der Waals surface area contributed by atoms with Crippen LogP contribution in [-0.2, 0) is 9.47 Å². The van der Waals surface area contributed by atoms with Gasteiger partial charge >= 0.3 is 0 Å². The summed E-state index contributed by atoms with van der Waals surface area (Å²) in [5, 5.41) is 3.56. The van der Waals surface area contributed by atoms with Gasteiger partial charge in [0.25, 0.3) is 0 Å². The summed E-state index contributed by atoms with van der Waals surface area (Å²) in [6.07, 6.45) is 0.986. The van der Waals surface area contributed by atoms with E-state index in [4.69, 9.17) is 9.47 Å². The topological polar surface area (TPSA) is 30.5 Å². The van der Waals surface area contributed by atoms with E-state index in [2.05, 4.69) is 29.6 Å². The largest absolute Gasteiger partial charge is 0.378 e. The van der Waals surface area contributed by atoms with Crippen molar-refractivity contribution in [3.63, 3.8) is 0 Å². The Kier molecular flexibility index (Phi) is 2.67. The van der Waals surface area contributed by atoms with Crippen molar-refractivity contribution in [1.82, 2.24) is 5.32 Å². The fourth-order valence-corrected chi connectivity index (χ4v) is 2.70. The highest BCUT2D eigenvalue weighted by Crippen LogP contribution is 2.38. The second-order valence-electron chi connectivity index (χ2n) is 4.51. The first-order valence-electron chi connectivity index (χ1n) is 5.91. The maximum absolute atomic E-state index is 6.01. The van der Waals surface area contributed by atoms with E-state index < -0.39 is 0 Å². The molecule has 3 nitrogen and oxygen atoms in total. The number of nitrogens with one attached hydrogen (secondary N) is 1. The molecule has 0 aromatic heterocycles. The van der Waals surface area contributed by atoms with Crippen LogP contribution in [0.4, 0.5) is 0 Å². The monoisotopic (exact) mass is 219 g/mol. The molecule has 3 heteroatoms. The Morgan fingerprint density at radius 2 is 2.06 bits per heavy atom. The van der Waals surface area contributed by atoms with Gasteiger partial charge in [-0.15, -0.1) is 0 Å². The van der Waals surface area contributed by atoms with Gasteiger partial charge in [0.05, 0.1) is 19.3 Å². The van der Waals surface area contributed by atoms with Gasteiger partial charge in [0, 0.05) is 19.6 Å². The van der Waals surface area contributed by atoms with Gasteiger partial charge in [0.2, 0.25) is 0 Å². The van der Waals surface area contributed by atoms with E-state index in [1.807, 2.05) is 6.07 Å². The SMILES string of the molecule is c1ccc(C2NCCOC23CCOC3)cc1. The van der Waals surface area contributed by atoms with Crippen LogP contribution in [0.2, 0.25) is 0 Å². The van der Waals surface area contributed by atoms with Crippen LogP contribution in [0.25, 0.3) is 0 Å². The minimum absolute atomic E-state index is 0.139. The minimum atomic E-state index is -0.139. The molecule has 86 valence electrons. The lowest BCUT2D eigenvalue weighted by Crippen LogP contribution is -2.52. The van der Waals surface area contributed by atoms with Crippen molar-refractivity contribution in [2.45, 2.75) is 18.1 Å². The molecule has 0 radical (unpaired) electrons. The molecule has 1 spiro atoms. The average molecular weight is 219 g/mol. The second-order valence-corrected chi connectivity index (χ2v) is 4.51. The predicted molar refractivity (Wildman–Crippen MR) is 61.3 cm³/mol. The summed E-state index contributed by atoms with van der Waals surface area (Å²) >= 11 is 0. The van der Waals surface area contributed by atoms with Crippen molar-refractivity contribution >= 4 is 0 Å². The molecule has 0 saturated carbocycles. The Labute approximate surface area is 95.8 Å². The number of ether oxygens (including phenoxy) is 2. The Morgan fingerprint density at radius 1 is 1.19 bits per heavy atom. The van der Waals surface area contributed by atoms with E-state index in [1.165, 1.54) is 5.56 Å². The molecule has 1 N–H and O–H groups in total. The summed E-state index contributed by atoms with van der Waals surface area (Å²) in [4.78, 5) is 0. The Hall–Kier alpha value is -0.900. The molecule has 1 aromatic carbocycles. The van der Waals surface area contributed by atoms with Crippen LogP contribution < -0.4 is 5.32 Å². The molecule has 16 heavy (non-hydrogen) atoms. The molecule has 2 atom stereocenters. The zero-order valence-electron chi connectivity index (χ0n) is 9.32. The molecule has 0 aliphatic carbocycles. The van der Waals surface area contributed by atoms with Crippen molar-refractivity contribution in [3.05, 3.63) is 35.9 Å². The van der Waals surface area contributed by atoms with Gasteiger partial charge in [0.1, 0.15) is 5.60 Å². The van der Waals surface area contributed by atoms with E-state index in [0.717, 1.165) is 26.2 Å². The molecule has 0 amide bonds. The Bertz CT molecular complexity index is 346. The van der Waals surface area contributed by atoms with E-state index in [0.29, 0.717) is 6.61 Å². The zero-order chi connectivity index (χ0) is 10.8. The van der Waals surface area contributed by atoms with Crippen LogP contribution in [0.3, 0.4) is 0 Å². The molecule has 2 aliphatic rings. The van der Waals surface area contributed by atoms with Crippen LogP contribution in [0.1, 0.15) is 18.0 Å². The highest BCUT2D eigenvalue weighted by molar-refractivity contribution is 5.23.